The number of amides is 2. The predicted octanol–water partition coefficient (Wildman–Crippen LogP) is 2.99. The van der Waals surface area contributed by atoms with Gasteiger partial charge in [0, 0.05) is 0 Å². The van der Waals surface area contributed by atoms with Crippen LogP contribution in [-0.2, 0) is 14.3 Å². The molecule has 2 aromatic rings. The third-order valence-electron chi connectivity index (χ3n) is 3.88. The highest BCUT2D eigenvalue weighted by Gasteiger charge is 2.36. The van der Waals surface area contributed by atoms with E-state index < -0.39 is 36.0 Å². The van der Waals surface area contributed by atoms with Crippen LogP contribution in [0.4, 0.5) is 5.69 Å². The maximum absolute atomic E-state index is 12.6. The summed E-state index contributed by atoms with van der Waals surface area (Å²) in [5, 5.41) is 0. The third-order valence-corrected chi connectivity index (χ3v) is 3.88. The summed E-state index contributed by atoms with van der Waals surface area (Å²) in [6, 6.07) is 12.4. The van der Waals surface area contributed by atoms with Crippen molar-refractivity contribution in [1.82, 2.24) is 0 Å². The van der Waals surface area contributed by atoms with E-state index in [1.807, 2.05) is 0 Å². The molecule has 2 amide bonds. The highest BCUT2D eigenvalue weighted by Crippen LogP contribution is 2.28. The Labute approximate surface area is 161 Å². The standard InChI is InChI=1S/C21H19NO6/c1-21(2,3)28-17(23)12-27-20(26)13-7-6-8-14(11-13)22-18(24)15-9-4-5-10-16(15)19(22)25/h4-11H,12H2,1-3H3. The summed E-state index contributed by atoms with van der Waals surface area (Å²) in [6.07, 6.45) is 0. The van der Waals surface area contributed by atoms with Crippen molar-refractivity contribution < 1.29 is 28.7 Å². The largest absolute Gasteiger partial charge is 0.457 e. The number of carbonyl (C=O) groups is 4. The van der Waals surface area contributed by atoms with Gasteiger partial charge in [-0.15, -0.1) is 0 Å². The SMILES string of the molecule is CC(C)(C)OC(=O)COC(=O)c1cccc(N2C(=O)c3ccccc3C2=O)c1. The lowest BCUT2D eigenvalue weighted by Crippen LogP contribution is -2.29. The third kappa shape index (κ3) is 3.93. The lowest BCUT2D eigenvalue weighted by atomic mass is 10.1. The zero-order chi connectivity index (χ0) is 20.5. The van der Waals surface area contributed by atoms with Gasteiger partial charge in [-0.25, -0.2) is 14.5 Å². The van der Waals surface area contributed by atoms with Gasteiger partial charge in [-0.2, -0.15) is 0 Å². The molecule has 0 radical (unpaired) electrons. The first-order valence-corrected chi connectivity index (χ1v) is 8.64. The van der Waals surface area contributed by atoms with Crippen molar-refractivity contribution in [2.75, 3.05) is 11.5 Å². The molecule has 28 heavy (non-hydrogen) atoms. The van der Waals surface area contributed by atoms with E-state index in [0.717, 1.165) is 4.90 Å². The molecule has 1 aliphatic rings. The number of hydrogen-bond donors (Lipinski definition) is 0. The van der Waals surface area contributed by atoms with Gasteiger partial charge in [-0.05, 0) is 51.1 Å². The summed E-state index contributed by atoms with van der Waals surface area (Å²) in [5.74, 6) is -2.35. The summed E-state index contributed by atoms with van der Waals surface area (Å²) in [6.45, 7) is 4.59. The molecule has 2 aromatic carbocycles. The molecular formula is C21H19NO6. The van der Waals surface area contributed by atoms with Crippen molar-refractivity contribution in [2.45, 2.75) is 26.4 Å². The Morgan fingerprint density at radius 1 is 0.929 bits per heavy atom. The van der Waals surface area contributed by atoms with Crippen LogP contribution in [-0.4, -0.2) is 36.0 Å². The number of carbonyl (C=O) groups excluding carboxylic acids is 4. The van der Waals surface area contributed by atoms with Gasteiger partial charge in [0.1, 0.15) is 5.60 Å². The average molecular weight is 381 g/mol. The highest BCUT2D eigenvalue weighted by atomic mass is 16.6. The molecule has 3 rings (SSSR count). The highest BCUT2D eigenvalue weighted by molar-refractivity contribution is 6.34. The van der Waals surface area contributed by atoms with E-state index in [1.165, 1.54) is 18.2 Å². The number of rotatable bonds is 4. The maximum atomic E-state index is 12.6. The molecule has 0 aliphatic carbocycles. The van der Waals surface area contributed by atoms with Crippen LogP contribution in [0.3, 0.4) is 0 Å². The fourth-order valence-electron chi connectivity index (χ4n) is 2.77. The average Bonchev–Trinajstić information content (AvgIpc) is 2.89. The van der Waals surface area contributed by atoms with Crippen molar-refractivity contribution in [3.63, 3.8) is 0 Å². The number of nitrogens with zero attached hydrogens (tertiary/aromatic N) is 1. The van der Waals surface area contributed by atoms with Crippen LogP contribution in [0.15, 0.2) is 48.5 Å². The first kappa shape index (κ1) is 19.3. The normalized spacial score (nSPS) is 13.3. The van der Waals surface area contributed by atoms with E-state index in [1.54, 1.807) is 51.1 Å². The van der Waals surface area contributed by atoms with E-state index >= 15 is 0 Å². The summed E-state index contributed by atoms with van der Waals surface area (Å²) in [4.78, 5) is 50.1. The fourth-order valence-corrected chi connectivity index (χ4v) is 2.77. The Hall–Kier alpha value is -3.48. The van der Waals surface area contributed by atoms with Crippen LogP contribution < -0.4 is 4.90 Å². The molecule has 7 nitrogen and oxygen atoms in total. The maximum Gasteiger partial charge on any atom is 0.344 e. The molecule has 0 bridgehead atoms. The van der Waals surface area contributed by atoms with Crippen molar-refractivity contribution in [1.29, 1.82) is 0 Å². The molecule has 0 unspecified atom stereocenters. The van der Waals surface area contributed by atoms with E-state index in [-0.39, 0.29) is 11.3 Å². The van der Waals surface area contributed by atoms with Crippen molar-refractivity contribution >= 4 is 29.4 Å². The second kappa shape index (κ2) is 7.26. The molecule has 0 atom stereocenters. The van der Waals surface area contributed by atoms with Crippen molar-refractivity contribution in [2.24, 2.45) is 0 Å². The van der Waals surface area contributed by atoms with Gasteiger partial charge in [0.2, 0.25) is 0 Å². The Morgan fingerprint density at radius 3 is 2.11 bits per heavy atom. The fraction of sp³-hybridized carbons (Fsp3) is 0.238. The van der Waals surface area contributed by atoms with Crippen LogP contribution in [0.1, 0.15) is 51.8 Å². The molecule has 0 fully saturated rings. The molecule has 1 aliphatic heterocycles. The number of ether oxygens (including phenoxy) is 2. The Bertz CT molecular complexity index is 938. The molecule has 0 spiro atoms. The van der Waals surface area contributed by atoms with E-state index in [4.69, 9.17) is 9.47 Å². The molecule has 0 aromatic heterocycles. The summed E-state index contributed by atoms with van der Waals surface area (Å²) < 4.78 is 10.0. The molecule has 144 valence electrons. The number of anilines is 1. The molecular weight excluding hydrogens is 362 g/mol. The quantitative estimate of drug-likeness (QED) is 0.597. The molecule has 0 N–H and O–H groups in total. The first-order valence-electron chi connectivity index (χ1n) is 8.64. The summed E-state index contributed by atoms with van der Waals surface area (Å²) in [5.41, 5.74) is 0.292. The molecule has 1 heterocycles. The Morgan fingerprint density at radius 2 is 1.54 bits per heavy atom. The minimum absolute atomic E-state index is 0.109. The van der Waals surface area contributed by atoms with E-state index in [2.05, 4.69) is 0 Å². The summed E-state index contributed by atoms with van der Waals surface area (Å²) in [7, 11) is 0. The van der Waals surface area contributed by atoms with Gasteiger partial charge in [0.25, 0.3) is 11.8 Å². The van der Waals surface area contributed by atoms with Crippen LogP contribution in [0, 0.1) is 0 Å². The van der Waals surface area contributed by atoms with Gasteiger partial charge in [0.05, 0.1) is 22.4 Å². The number of hydrogen-bond acceptors (Lipinski definition) is 6. The van der Waals surface area contributed by atoms with Gasteiger partial charge >= 0.3 is 11.9 Å². The monoisotopic (exact) mass is 381 g/mol. The number of fused-ring (bicyclic) bond motifs is 1. The number of benzene rings is 2. The zero-order valence-corrected chi connectivity index (χ0v) is 15.7. The Kier molecular flexibility index (Phi) is 5.00. The van der Waals surface area contributed by atoms with Crippen LogP contribution >= 0.6 is 0 Å². The van der Waals surface area contributed by atoms with Gasteiger partial charge < -0.3 is 9.47 Å². The second-order valence-corrected chi connectivity index (χ2v) is 7.20. The van der Waals surface area contributed by atoms with Crippen molar-refractivity contribution in [3.8, 4) is 0 Å². The Balaban J connectivity index is 1.75. The zero-order valence-electron chi connectivity index (χ0n) is 15.7. The van der Waals surface area contributed by atoms with E-state index in [0.29, 0.717) is 11.1 Å². The topological polar surface area (TPSA) is 90.0 Å². The first-order chi connectivity index (χ1) is 13.2. The van der Waals surface area contributed by atoms with Crippen LogP contribution in [0.2, 0.25) is 0 Å². The van der Waals surface area contributed by atoms with Crippen LogP contribution in [0.25, 0.3) is 0 Å². The van der Waals surface area contributed by atoms with Gasteiger partial charge in [-0.1, -0.05) is 18.2 Å². The van der Waals surface area contributed by atoms with Crippen molar-refractivity contribution in [3.05, 3.63) is 65.2 Å². The summed E-state index contributed by atoms with van der Waals surface area (Å²) >= 11 is 0. The minimum Gasteiger partial charge on any atom is -0.457 e. The predicted molar refractivity (Wildman–Crippen MR) is 100 cm³/mol. The molecule has 0 saturated carbocycles. The minimum atomic E-state index is -0.760. The lowest BCUT2D eigenvalue weighted by Gasteiger charge is -2.19. The lowest BCUT2D eigenvalue weighted by molar-refractivity contribution is -0.158. The molecule has 0 saturated heterocycles. The second-order valence-electron chi connectivity index (χ2n) is 7.20. The van der Waals surface area contributed by atoms with E-state index in [9.17, 15) is 19.2 Å². The van der Waals surface area contributed by atoms with Gasteiger partial charge in [-0.3, -0.25) is 9.59 Å². The molecule has 7 heteroatoms. The number of esters is 2. The van der Waals surface area contributed by atoms with Crippen LogP contribution in [0.5, 0.6) is 0 Å². The number of imide groups is 1. The smallest absolute Gasteiger partial charge is 0.344 e. The van der Waals surface area contributed by atoms with Gasteiger partial charge in [0.15, 0.2) is 6.61 Å².